The molecule has 4 aromatic rings. The number of nitro groups is 1. The van der Waals surface area contributed by atoms with Crippen LogP contribution in [0.25, 0.3) is 5.57 Å². The van der Waals surface area contributed by atoms with Crippen molar-refractivity contribution in [3.05, 3.63) is 129 Å². The number of halogens is 1. The van der Waals surface area contributed by atoms with E-state index in [4.69, 9.17) is 11.6 Å². The highest BCUT2D eigenvalue weighted by molar-refractivity contribution is 7.99. The van der Waals surface area contributed by atoms with Gasteiger partial charge in [-0.3, -0.25) is 19.8 Å². The fraction of sp³-hybridized carbons (Fsp3) is 0.460. The number of carbonyl (C=O) groups excluding carboxylic acids is 1. The van der Waals surface area contributed by atoms with Crippen LogP contribution in [0, 0.1) is 15.5 Å². The predicted octanol–water partition coefficient (Wildman–Crippen LogP) is 8.10. The molecule has 4 aromatic carbocycles. The van der Waals surface area contributed by atoms with E-state index in [1.807, 2.05) is 54.6 Å². The summed E-state index contributed by atoms with van der Waals surface area (Å²) in [5, 5.41) is 19.9. The standard InChI is InChI=1S/C50H63ClN8O5S2/c1-50(36-57-26-23-52-24-27-57)22-20-46(37-8-12-40(51)13-9-37)39(33-50)34-56-28-30-58(31-29-56)43-14-10-38(11-15-43)49(60)54-66(63,64)45-18-19-47(48(32-45)59(61)62)53-41(21-25-55(2)42-16-17-42)35-65-44-6-4-3-5-7-44/h3-15,18-19,32,41-42,52-53H,16-17,20-31,33-36H2,1-2H3,(H,54,60). The van der Waals surface area contributed by atoms with Gasteiger partial charge in [-0.05, 0) is 123 Å². The third-order valence-electron chi connectivity index (χ3n) is 13.6. The summed E-state index contributed by atoms with van der Waals surface area (Å²) in [7, 11) is -2.34. The highest BCUT2D eigenvalue weighted by atomic mass is 35.5. The summed E-state index contributed by atoms with van der Waals surface area (Å²) >= 11 is 7.96. The lowest BCUT2D eigenvalue weighted by atomic mass is 9.71. The van der Waals surface area contributed by atoms with E-state index < -0.39 is 20.9 Å². The van der Waals surface area contributed by atoms with Crippen molar-refractivity contribution >= 4 is 61.9 Å². The number of thioether (sulfide) groups is 1. The Morgan fingerprint density at radius 2 is 1.67 bits per heavy atom. The Bertz CT molecular complexity index is 2440. The highest BCUT2D eigenvalue weighted by Crippen LogP contribution is 2.44. The first-order valence-corrected chi connectivity index (χ1v) is 26.1. The van der Waals surface area contributed by atoms with Crippen molar-refractivity contribution in [2.75, 3.05) is 95.0 Å². The van der Waals surface area contributed by atoms with E-state index >= 15 is 0 Å². The van der Waals surface area contributed by atoms with E-state index in [0.717, 1.165) is 119 Å². The molecular formula is C50H63ClN8O5S2. The molecule has 0 aromatic heterocycles. The van der Waals surface area contributed by atoms with Crippen molar-refractivity contribution in [3.63, 3.8) is 0 Å². The number of rotatable bonds is 19. The van der Waals surface area contributed by atoms with Gasteiger partial charge in [0, 0.05) is 117 Å². The lowest BCUT2D eigenvalue weighted by Crippen LogP contribution is -2.49. The number of hydrogen-bond acceptors (Lipinski definition) is 12. The number of nitrogens with one attached hydrogen (secondary N) is 3. The van der Waals surface area contributed by atoms with Gasteiger partial charge in [-0.15, -0.1) is 11.8 Å². The molecule has 1 amide bonds. The second kappa shape index (κ2) is 21.6. The van der Waals surface area contributed by atoms with Crippen molar-refractivity contribution in [1.29, 1.82) is 0 Å². The number of nitro benzene ring substituents is 1. The number of sulfonamides is 1. The first kappa shape index (κ1) is 48.0. The Balaban J connectivity index is 0.878. The van der Waals surface area contributed by atoms with E-state index in [9.17, 15) is 23.3 Å². The molecule has 0 spiro atoms. The monoisotopic (exact) mass is 954 g/mol. The highest BCUT2D eigenvalue weighted by Gasteiger charge is 2.35. The zero-order valence-electron chi connectivity index (χ0n) is 38.1. The summed E-state index contributed by atoms with van der Waals surface area (Å²) in [4.78, 5) is 35.7. The molecule has 3 fully saturated rings. The molecule has 13 nitrogen and oxygen atoms in total. The molecule has 8 rings (SSSR count). The molecule has 2 aliphatic heterocycles. The lowest BCUT2D eigenvalue weighted by molar-refractivity contribution is -0.384. The maximum Gasteiger partial charge on any atom is 0.293 e. The van der Waals surface area contributed by atoms with Gasteiger partial charge in [-0.1, -0.05) is 54.4 Å². The number of benzene rings is 4. The van der Waals surface area contributed by atoms with Crippen LogP contribution in [0.5, 0.6) is 0 Å². The Morgan fingerprint density at radius 1 is 0.955 bits per heavy atom. The summed E-state index contributed by atoms with van der Waals surface area (Å²) in [6.07, 6.45) is 6.39. The molecule has 16 heteroatoms. The minimum absolute atomic E-state index is 0.124. The molecular weight excluding hydrogens is 892 g/mol. The largest absolute Gasteiger partial charge is 0.376 e. The number of amides is 1. The van der Waals surface area contributed by atoms with Gasteiger partial charge in [0.2, 0.25) is 0 Å². The van der Waals surface area contributed by atoms with Crippen molar-refractivity contribution < 1.29 is 18.1 Å². The summed E-state index contributed by atoms with van der Waals surface area (Å²) in [5.74, 6) is -0.150. The second-order valence-corrected chi connectivity index (χ2v) is 22.0. The molecule has 0 bridgehead atoms. The van der Waals surface area contributed by atoms with Gasteiger partial charge in [0.1, 0.15) is 5.69 Å². The first-order chi connectivity index (χ1) is 31.8. The molecule has 66 heavy (non-hydrogen) atoms. The predicted molar refractivity (Wildman–Crippen MR) is 267 cm³/mol. The van der Waals surface area contributed by atoms with Gasteiger partial charge in [-0.25, -0.2) is 13.1 Å². The van der Waals surface area contributed by atoms with Crippen molar-refractivity contribution in [1.82, 2.24) is 24.7 Å². The minimum atomic E-state index is -4.44. The molecule has 4 aliphatic rings. The summed E-state index contributed by atoms with van der Waals surface area (Å²) in [6, 6.07) is 29.4. The normalized spacial score (nSPS) is 20.3. The SMILES string of the molecule is CN(CCC(CSc1ccccc1)Nc1ccc(S(=O)(=O)NC(=O)c2ccc(N3CCN(CC4=C(c5ccc(Cl)cc5)CCC(C)(CN5CCNCC5)C4)CC3)cc2)cc1[N+](=O)[O-])C1CC1. The molecule has 1 saturated carbocycles. The van der Waals surface area contributed by atoms with Crippen LogP contribution in [0.3, 0.4) is 0 Å². The Morgan fingerprint density at radius 3 is 2.35 bits per heavy atom. The lowest BCUT2D eigenvalue weighted by Gasteiger charge is -2.43. The molecule has 2 heterocycles. The molecule has 352 valence electrons. The van der Waals surface area contributed by atoms with Gasteiger partial charge < -0.3 is 25.3 Å². The number of anilines is 2. The number of piperazine rings is 2. The number of nitrogens with zero attached hydrogens (tertiary/aromatic N) is 5. The van der Waals surface area contributed by atoms with Crippen LogP contribution in [-0.4, -0.2) is 131 Å². The van der Waals surface area contributed by atoms with Crippen molar-refractivity contribution in [2.24, 2.45) is 5.41 Å². The third-order valence-corrected chi connectivity index (χ3v) is 16.3. The Labute approximate surface area is 399 Å². The number of carbonyl (C=O) groups is 1. The fourth-order valence-electron chi connectivity index (χ4n) is 9.65. The Hall–Kier alpha value is -4.48. The van der Waals surface area contributed by atoms with E-state index in [-0.39, 0.29) is 33.3 Å². The molecule has 2 saturated heterocycles. The second-order valence-electron chi connectivity index (χ2n) is 18.7. The minimum Gasteiger partial charge on any atom is -0.376 e. The van der Waals surface area contributed by atoms with Crippen LogP contribution >= 0.6 is 23.4 Å². The average molecular weight is 956 g/mol. The summed E-state index contributed by atoms with van der Waals surface area (Å²) in [6.45, 7) is 13.0. The van der Waals surface area contributed by atoms with Crippen LogP contribution in [0.1, 0.15) is 61.4 Å². The van der Waals surface area contributed by atoms with E-state index in [2.05, 4.69) is 61.1 Å². The van der Waals surface area contributed by atoms with Gasteiger partial charge in [0.25, 0.3) is 21.6 Å². The van der Waals surface area contributed by atoms with Crippen LogP contribution in [-0.2, 0) is 10.0 Å². The van der Waals surface area contributed by atoms with Crippen LogP contribution in [0.4, 0.5) is 17.1 Å². The van der Waals surface area contributed by atoms with Crippen LogP contribution in [0.15, 0.2) is 112 Å². The summed E-state index contributed by atoms with van der Waals surface area (Å²) < 4.78 is 29.2. The zero-order chi connectivity index (χ0) is 46.3. The maximum absolute atomic E-state index is 13.5. The van der Waals surface area contributed by atoms with E-state index in [0.29, 0.717) is 11.8 Å². The number of hydrogen-bond donors (Lipinski definition) is 3. The molecule has 2 atom stereocenters. The van der Waals surface area contributed by atoms with Gasteiger partial charge in [-0.2, -0.15) is 0 Å². The maximum atomic E-state index is 13.5. The fourth-order valence-corrected chi connectivity index (χ4v) is 11.8. The smallest absolute Gasteiger partial charge is 0.293 e. The van der Waals surface area contributed by atoms with E-state index in [1.54, 1.807) is 23.9 Å². The molecule has 2 unspecified atom stereocenters. The van der Waals surface area contributed by atoms with Crippen molar-refractivity contribution in [3.8, 4) is 0 Å². The first-order valence-electron chi connectivity index (χ1n) is 23.3. The quantitative estimate of drug-likeness (QED) is 0.0475. The van der Waals surface area contributed by atoms with Crippen LogP contribution < -0.4 is 20.3 Å². The van der Waals surface area contributed by atoms with Gasteiger partial charge >= 0.3 is 0 Å². The third kappa shape index (κ3) is 12.7. The molecule has 3 N–H and O–H groups in total. The summed E-state index contributed by atoms with van der Waals surface area (Å²) in [5.41, 5.74) is 5.44. The average Bonchev–Trinajstić information content (AvgIpc) is 4.17. The van der Waals surface area contributed by atoms with E-state index in [1.165, 1.54) is 41.7 Å². The van der Waals surface area contributed by atoms with Crippen molar-refractivity contribution in [2.45, 2.75) is 67.3 Å². The Kier molecular flexibility index (Phi) is 15.7. The number of allylic oxidation sites excluding steroid dienone is 1. The topological polar surface area (TPSA) is 143 Å². The van der Waals surface area contributed by atoms with Gasteiger partial charge in [0.05, 0.1) is 9.82 Å². The van der Waals surface area contributed by atoms with Gasteiger partial charge in [0.15, 0.2) is 0 Å². The molecule has 2 aliphatic carbocycles. The molecule has 0 radical (unpaired) electrons. The van der Waals surface area contributed by atoms with Crippen LogP contribution in [0.2, 0.25) is 5.02 Å². The zero-order valence-corrected chi connectivity index (χ0v) is 40.5.